The Morgan fingerprint density at radius 3 is 1.64 bits per heavy atom. The fraction of sp³-hybridized carbons (Fsp3) is 1.00. The molecule has 0 aliphatic heterocycles. The Labute approximate surface area is 139 Å². The zero-order valence-electron chi connectivity index (χ0n) is 15.6. The van der Waals surface area contributed by atoms with Gasteiger partial charge in [0.15, 0.2) is 0 Å². The molecule has 0 saturated carbocycles. The van der Waals surface area contributed by atoms with E-state index in [1.807, 2.05) is 0 Å². The minimum Gasteiger partial charge on any atom is -0.394 e. The molecule has 0 aliphatic rings. The van der Waals surface area contributed by atoms with Gasteiger partial charge in [-0.25, -0.2) is 0 Å². The molecule has 3 nitrogen and oxygen atoms in total. The summed E-state index contributed by atoms with van der Waals surface area (Å²) in [4.78, 5) is 0. The molecule has 2 N–H and O–H groups in total. The molecule has 3 heteroatoms. The number of aliphatic hydroxyl groups excluding tert-OH is 2. The molecule has 1 atom stereocenters. The molecule has 0 aliphatic carbocycles. The van der Waals surface area contributed by atoms with Gasteiger partial charge in [0, 0.05) is 13.2 Å². The molecule has 1 unspecified atom stereocenters. The first-order valence-corrected chi connectivity index (χ1v) is 9.41. The molecule has 0 saturated heterocycles. The third-order valence-electron chi connectivity index (χ3n) is 3.43. The van der Waals surface area contributed by atoms with Crippen LogP contribution < -0.4 is 0 Å². The first kappa shape index (κ1) is 24.1. The van der Waals surface area contributed by atoms with Crippen LogP contribution in [0.15, 0.2) is 0 Å². The average Bonchev–Trinajstić information content (AvgIpc) is 2.48. The van der Waals surface area contributed by atoms with Crippen LogP contribution in [-0.2, 0) is 4.74 Å². The predicted octanol–water partition coefficient (Wildman–Crippen LogP) is 4.94. The number of hydrogen-bond acceptors (Lipinski definition) is 3. The predicted molar refractivity (Wildman–Crippen MR) is 96.3 cm³/mol. The van der Waals surface area contributed by atoms with E-state index in [0.717, 1.165) is 25.6 Å². The standard InChI is InChI=1S/C16H34O.C3H8O2/c1-4-14-17-15-12-10-8-6-5-7-9-11-13-16(2)3;1-3(5)2-4/h16H,4-15H2,1-3H3;3-5H,2H2,1H3. The summed E-state index contributed by atoms with van der Waals surface area (Å²) < 4.78 is 5.46. The fourth-order valence-electron chi connectivity index (χ4n) is 2.06. The summed E-state index contributed by atoms with van der Waals surface area (Å²) in [6, 6.07) is 0. The van der Waals surface area contributed by atoms with Crippen molar-refractivity contribution >= 4 is 0 Å². The summed E-state index contributed by atoms with van der Waals surface area (Å²) in [6.07, 6.45) is 13.2. The van der Waals surface area contributed by atoms with Gasteiger partial charge in [0.05, 0.1) is 12.7 Å². The highest BCUT2D eigenvalue weighted by atomic mass is 16.5. The minimum atomic E-state index is -0.560. The van der Waals surface area contributed by atoms with Crippen LogP contribution in [0.1, 0.15) is 91.9 Å². The van der Waals surface area contributed by atoms with Gasteiger partial charge in [-0.1, -0.05) is 72.1 Å². The van der Waals surface area contributed by atoms with Crippen LogP contribution in [-0.4, -0.2) is 36.1 Å². The molecular weight excluding hydrogens is 276 g/mol. The smallest absolute Gasteiger partial charge is 0.0742 e. The molecule has 136 valence electrons. The van der Waals surface area contributed by atoms with Crippen molar-refractivity contribution in [1.29, 1.82) is 0 Å². The molecule has 0 radical (unpaired) electrons. The van der Waals surface area contributed by atoms with Gasteiger partial charge >= 0.3 is 0 Å². The van der Waals surface area contributed by atoms with Crippen LogP contribution in [0.5, 0.6) is 0 Å². The number of unbranched alkanes of at least 4 members (excludes halogenated alkanes) is 7. The summed E-state index contributed by atoms with van der Waals surface area (Å²) in [6.45, 7) is 10.1. The molecule has 0 aromatic carbocycles. The van der Waals surface area contributed by atoms with E-state index in [2.05, 4.69) is 20.8 Å². The lowest BCUT2D eigenvalue weighted by molar-refractivity contribution is 0.110. The van der Waals surface area contributed by atoms with Gasteiger partial charge in [-0.2, -0.15) is 0 Å². The van der Waals surface area contributed by atoms with Gasteiger partial charge in [0.1, 0.15) is 0 Å². The summed E-state index contributed by atoms with van der Waals surface area (Å²) in [5, 5.41) is 16.0. The van der Waals surface area contributed by atoms with Crippen LogP contribution in [0.3, 0.4) is 0 Å². The van der Waals surface area contributed by atoms with Gasteiger partial charge in [-0.3, -0.25) is 0 Å². The highest BCUT2D eigenvalue weighted by molar-refractivity contribution is 4.49. The quantitative estimate of drug-likeness (QED) is 0.446. The molecule has 0 aromatic rings. The largest absolute Gasteiger partial charge is 0.394 e. The van der Waals surface area contributed by atoms with Crippen molar-refractivity contribution in [3.63, 3.8) is 0 Å². The maximum absolute atomic E-state index is 8.11. The third kappa shape index (κ3) is 28.1. The van der Waals surface area contributed by atoms with Crippen molar-refractivity contribution in [2.45, 2.75) is 98.0 Å². The van der Waals surface area contributed by atoms with Crippen LogP contribution in [0.25, 0.3) is 0 Å². The monoisotopic (exact) mass is 318 g/mol. The van der Waals surface area contributed by atoms with E-state index in [9.17, 15) is 0 Å². The van der Waals surface area contributed by atoms with Gasteiger partial charge in [-0.05, 0) is 25.7 Å². The molecule has 0 aromatic heterocycles. The SMILES string of the molecule is CC(O)CO.CCCOCCCCCCCCCCC(C)C. The zero-order chi connectivity index (χ0) is 17.1. The Morgan fingerprint density at radius 1 is 0.773 bits per heavy atom. The van der Waals surface area contributed by atoms with Crippen molar-refractivity contribution in [1.82, 2.24) is 0 Å². The van der Waals surface area contributed by atoms with Crippen LogP contribution in [0.2, 0.25) is 0 Å². The summed E-state index contributed by atoms with van der Waals surface area (Å²) in [5.41, 5.74) is 0. The van der Waals surface area contributed by atoms with Gasteiger partial charge < -0.3 is 14.9 Å². The maximum Gasteiger partial charge on any atom is 0.0742 e. The summed E-state index contributed by atoms with van der Waals surface area (Å²) in [5.74, 6) is 0.887. The maximum atomic E-state index is 8.11. The molecule has 0 spiro atoms. The minimum absolute atomic E-state index is 0.139. The molecule has 0 bridgehead atoms. The molecule has 22 heavy (non-hydrogen) atoms. The van der Waals surface area contributed by atoms with Crippen molar-refractivity contribution < 1.29 is 14.9 Å². The number of aliphatic hydroxyl groups is 2. The van der Waals surface area contributed by atoms with Crippen LogP contribution in [0.4, 0.5) is 0 Å². The lowest BCUT2D eigenvalue weighted by atomic mass is 10.0. The number of rotatable bonds is 14. The Balaban J connectivity index is 0. The molecule has 0 fully saturated rings. The Bertz CT molecular complexity index is 182. The second kappa shape index (κ2) is 20.9. The molecule has 0 heterocycles. The first-order valence-electron chi connectivity index (χ1n) is 9.41. The summed E-state index contributed by atoms with van der Waals surface area (Å²) >= 11 is 0. The Hall–Kier alpha value is -0.120. The van der Waals surface area contributed by atoms with E-state index in [1.165, 1.54) is 64.7 Å². The zero-order valence-corrected chi connectivity index (χ0v) is 15.6. The van der Waals surface area contributed by atoms with E-state index < -0.39 is 6.10 Å². The van der Waals surface area contributed by atoms with Gasteiger partial charge in [0.2, 0.25) is 0 Å². The van der Waals surface area contributed by atoms with Crippen molar-refractivity contribution in [2.24, 2.45) is 5.92 Å². The van der Waals surface area contributed by atoms with E-state index >= 15 is 0 Å². The second-order valence-corrected chi connectivity index (χ2v) is 6.65. The van der Waals surface area contributed by atoms with Crippen molar-refractivity contribution in [3.05, 3.63) is 0 Å². The van der Waals surface area contributed by atoms with Crippen LogP contribution in [0, 0.1) is 5.92 Å². The third-order valence-corrected chi connectivity index (χ3v) is 3.43. The highest BCUT2D eigenvalue weighted by Gasteiger charge is 1.95. The van der Waals surface area contributed by atoms with E-state index in [-0.39, 0.29) is 6.61 Å². The lowest BCUT2D eigenvalue weighted by Crippen LogP contribution is -2.03. The van der Waals surface area contributed by atoms with Crippen molar-refractivity contribution in [2.75, 3.05) is 19.8 Å². The fourth-order valence-corrected chi connectivity index (χ4v) is 2.06. The first-order chi connectivity index (χ1) is 10.5. The highest BCUT2D eigenvalue weighted by Crippen LogP contribution is 2.12. The molecule has 0 rings (SSSR count). The van der Waals surface area contributed by atoms with E-state index in [4.69, 9.17) is 14.9 Å². The van der Waals surface area contributed by atoms with E-state index in [1.54, 1.807) is 0 Å². The Kier molecular flexibility index (Phi) is 22.9. The average molecular weight is 319 g/mol. The Morgan fingerprint density at radius 2 is 1.23 bits per heavy atom. The van der Waals surface area contributed by atoms with Crippen molar-refractivity contribution in [3.8, 4) is 0 Å². The topological polar surface area (TPSA) is 49.7 Å². The van der Waals surface area contributed by atoms with Gasteiger partial charge in [-0.15, -0.1) is 0 Å². The second-order valence-electron chi connectivity index (χ2n) is 6.65. The van der Waals surface area contributed by atoms with Crippen LogP contribution >= 0.6 is 0 Å². The summed E-state index contributed by atoms with van der Waals surface area (Å²) in [7, 11) is 0. The number of hydrogen-bond donors (Lipinski definition) is 2. The van der Waals surface area contributed by atoms with E-state index in [0.29, 0.717) is 0 Å². The molecular formula is C19H42O3. The number of ether oxygens (including phenoxy) is 1. The molecule has 0 amide bonds. The lowest BCUT2D eigenvalue weighted by Gasteiger charge is -2.05. The normalized spacial score (nSPS) is 12.1. The van der Waals surface area contributed by atoms with Gasteiger partial charge in [0.25, 0.3) is 0 Å².